The topological polar surface area (TPSA) is 67.9 Å². The lowest BCUT2D eigenvalue weighted by atomic mass is 10.1. The number of amides is 2. The van der Waals surface area contributed by atoms with Crippen LogP contribution in [0, 0.1) is 6.92 Å². The first-order valence-electron chi connectivity index (χ1n) is 10.1. The number of hydrogen-bond acceptors (Lipinski definition) is 5. The van der Waals surface area contributed by atoms with Gasteiger partial charge in [-0.1, -0.05) is 42.5 Å². The molecular formula is C24H24N2O4S. The van der Waals surface area contributed by atoms with Gasteiger partial charge in [-0.25, -0.2) is 0 Å². The van der Waals surface area contributed by atoms with E-state index < -0.39 is 0 Å². The number of carbonyl (C=O) groups is 2. The molecule has 1 aliphatic rings. The highest BCUT2D eigenvalue weighted by Crippen LogP contribution is 2.41. The van der Waals surface area contributed by atoms with Crippen LogP contribution in [0.1, 0.15) is 26.3 Å². The molecule has 3 aromatic rings. The monoisotopic (exact) mass is 436 g/mol. The molecule has 7 heteroatoms. The van der Waals surface area contributed by atoms with Crippen LogP contribution >= 0.6 is 11.3 Å². The second kappa shape index (κ2) is 9.32. The number of carbonyl (C=O) groups excluding carboxylic acids is 2. The number of nitrogens with one attached hydrogen (secondary N) is 1. The Morgan fingerprint density at radius 3 is 2.42 bits per heavy atom. The van der Waals surface area contributed by atoms with Crippen molar-refractivity contribution in [1.29, 1.82) is 0 Å². The zero-order chi connectivity index (χ0) is 21.8. The van der Waals surface area contributed by atoms with Gasteiger partial charge in [-0.2, -0.15) is 0 Å². The van der Waals surface area contributed by atoms with Crippen LogP contribution in [0.2, 0.25) is 0 Å². The van der Waals surface area contributed by atoms with Crippen LogP contribution in [-0.4, -0.2) is 50.1 Å². The Bertz CT molecular complexity index is 1090. The number of benzene rings is 2. The fourth-order valence-electron chi connectivity index (χ4n) is 3.65. The fourth-order valence-corrected chi connectivity index (χ4v) is 4.85. The third-order valence-corrected chi connectivity index (χ3v) is 6.53. The summed E-state index contributed by atoms with van der Waals surface area (Å²) in [5, 5.41) is 3.52. The summed E-state index contributed by atoms with van der Waals surface area (Å²) in [6.45, 7) is 4.04. The first-order chi connectivity index (χ1) is 15.1. The van der Waals surface area contributed by atoms with Gasteiger partial charge in [-0.05, 0) is 30.2 Å². The lowest BCUT2D eigenvalue weighted by Gasteiger charge is -2.27. The quantitative estimate of drug-likeness (QED) is 0.641. The minimum atomic E-state index is -0.311. The molecular weight excluding hydrogens is 412 g/mol. The van der Waals surface area contributed by atoms with Crippen LogP contribution in [0.4, 0.5) is 5.00 Å². The van der Waals surface area contributed by atoms with Crippen LogP contribution < -0.4 is 10.1 Å². The number of hydrogen-bond donors (Lipinski definition) is 1. The number of rotatable bonds is 5. The molecule has 2 aromatic carbocycles. The maximum absolute atomic E-state index is 13.4. The molecule has 4 rings (SSSR count). The maximum atomic E-state index is 13.4. The van der Waals surface area contributed by atoms with Gasteiger partial charge in [-0.15, -0.1) is 11.3 Å². The first-order valence-corrected chi connectivity index (χ1v) is 10.9. The summed E-state index contributed by atoms with van der Waals surface area (Å²) in [5.41, 5.74) is 2.83. The Labute approximate surface area is 185 Å². The Hall–Kier alpha value is -3.16. The lowest BCUT2D eigenvalue weighted by molar-refractivity contribution is 0.0303. The minimum absolute atomic E-state index is 0.0884. The molecule has 1 aliphatic heterocycles. The number of thiophene rings is 1. The molecule has 2 amide bonds. The lowest BCUT2D eigenvalue weighted by Crippen LogP contribution is -2.41. The van der Waals surface area contributed by atoms with Gasteiger partial charge in [0.15, 0.2) is 0 Å². The molecule has 6 nitrogen and oxygen atoms in total. The summed E-state index contributed by atoms with van der Waals surface area (Å²) in [6, 6.07) is 16.9. The van der Waals surface area contributed by atoms with E-state index in [-0.39, 0.29) is 11.8 Å². The highest BCUT2D eigenvalue weighted by Gasteiger charge is 2.28. The second-order valence-electron chi connectivity index (χ2n) is 7.19. The highest BCUT2D eigenvalue weighted by atomic mass is 32.1. The van der Waals surface area contributed by atoms with E-state index in [0.717, 1.165) is 16.0 Å². The van der Waals surface area contributed by atoms with Crippen molar-refractivity contribution in [3.8, 4) is 16.2 Å². The van der Waals surface area contributed by atoms with Crippen LogP contribution in [0.5, 0.6) is 5.75 Å². The van der Waals surface area contributed by atoms with Crippen molar-refractivity contribution in [3.63, 3.8) is 0 Å². The normalized spacial score (nSPS) is 13.7. The summed E-state index contributed by atoms with van der Waals surface area (Å²) < 4.78 is 10.7. The number of nitrogens with zero attached hydrogens (tertiary/aromatic N) is 1. The average molecular weight is 437 g/mol. The van der Waals surface area contributed by atoms with E-state index in [1.54, 1.807) is 23.1 Å². The van der Waals surface area contributed by atoms with Crippen molar-refractivity contribution in [3.05, 3.63) is 71.3 Å². The summed E-state index contributed by atoms with van der Waals surface area (Å²) in [6.07, 6.45) is 0. The third kappa shape index (κ3) is 4.33. The van der Waals surface area contributed by atoms with E-state index in [0.29, 0.717) is 48.2 Å². The zero-order valence-electron chi connectivity index (χ0n) is 17.5. The van der Waals surface area contributed by atoms with E-state index in [1.165, 1.54) is 18.4 Å². The highest BCUT2D eigenvalue weighted by molar-refractivity contribution is 7.20. The van der Waals surface area contributed by atoms with Gasteiger partial charge in [0.1, 0.15) is 10.8 Å². The number of methoxy groups -OCH3 is 1. The first kappa shape index (κ1) is 21.1. The molecule has 160 valence electrons. The third-order valence-electron chi connectivity index (χ3n) is 5.27. The molecule has 0 bridgehead atoms. The molecule has 0 unspecified atom stereocenters. The smallest absolute Gasteiger partial charge is 0.260 e. The Morgan fingerprint density at radius 1 is 1.03 bits per heavy atom. The van der Waals surface area contributed by atoms with Crippen molar-refractivity contribution >= 4 is 28.2 Å². The van der Waals surface area contributed by atoms with Crippen LogP contribution in [-0.2, 0) is 4.74 Å². The molecule has 1 aromatic heterocycles. The number of morpholine rings is 1. The van der Waals surface area contributed by atoms with E-state index >= 15 is 0 Å². The van der Waals surface area contributed by atoms with Crippen molar-refractivity contribution in [2.24, 2.45) is 0 Å². The molecule has 1 N–H and O–H groups in total. The van der Waals surface area contributed by atoms with Gasteiger partial charge >= 0.3 is 0 Å². The van der Waals surface area contributed by atoms with Gasteiger partial charge in [0.2, 0.25) is 0 Å². The molecule has 1 fully saturated rings. The Balaban J connectivity index is 1.74. The molecule has 0 atom stereocenters. The maximum Gasteiger partial charge on any atom is 0.260 e. The summed E-state index contributed by atoms with van der Waals surface area (Å²) in [5.74, 6) is 0.0847. The molecule has 2 heterocycles. The summed E-state index contributed by atoms with van der Waals surface area (Å²) >= 11 is 1.42. The van der Waals surface area contributed by atoms with Gasteiger partial charge in [0.05, 0.1) is 31.5 Å². The van der Waals surface area contributed by atoms with Crippen molar-refractivity contribution in [2.45, 2.75) is 6.92 Å². The SMILES string of the molecule is COc1ccccc1C(=O)Nc1sc(-c2ccccc2)c(C)c1C(=O)N1CCOCC1. The zero-order valence-corrected chi connectivity index (χ0v) is 18.3. The van der Waals surface area contributed by atoms with Crippen LogP contribution in [0.25, 0.3) is 10.4 Å². The predicted molar refractivity (Wildman–Crippen MR) is 122 cm³/mol. The van der Waals surface area contributed by atoms with E-state index in [1.807, 2.05) is 43.3 Å². The summed E-state index contributed by atoms with van der Waals surface area (Å²) in [7, 11) is 1.53. The van der Waals surface area contributed by atoms with E-state index in [9.17, 15) is 9.59 Å². The molecule has 0 radical (unpaired) electrons. The standard InChI is InChI=1S/C24H24N2O4S/c1-16-20(24(28)26-12-14-30-15-13-26)23(31-21(16)17-8-4-3-5-9-17)25-22(27)18-10-6-7-11-19(18)29-2/h3-11H,12-15H2,1-2H3,(H,25,27). The Kier molecular flexibility index (Phi) is 6.34. The van der Waals surface area contributed by atoms with Crippen LogP contribution in [0.15, 0.2) is 54.6 Å². The van der Waals surface area contributed by atoms with Crippen LogP contribution in [0.3, 0.4) is 0 Å². The average Bonchev–Trinajstić information content (AvgIpc) is 3.15. The van der Waals surface area contributed by atoms with Gasteiger partial charge in [0.25, 0.3) is 11.8 Å². The number of ether oxygens (including phenoxy) is 2. The Morgan fingerprint density at radius 2 is 1.71 bits per heavy atom. The largest absolute Gasteiger partial charge is 0.496 e. The molecule has 0 spiro atoms. The molecule has 31 heavy (non-hydrogen) atoms. The molecule has 1 saturated heterocycles. The summed E-state index contributed by atoms with van der Waals surface area (Å²) in [4.78, 5) is 29.2. The van der Waals surface area contributed by atoms with Crippen molar-refractivity contribution in [1.82, 2.24) is 4.90 Å². The molecule has 0 saturated carbocycles. The van der Waals surface area contributed by atoms with Gasteiger partial charge in [-0.3, -0.25) is 9.59 Å². The second-order valence-corrected chi connectivity index (χ2v) is 8.21. The number of anilines is 1. The van der Waals surface area contributed by atoms with Gasteiger partial charge in [0, 0.05) is 18.0 Å². The van der Waals surface area contributed by atoms with Crippen molar-refractivity contribution in [2.75, 3.05) is 38.7 Å². The van der Waals surface area contributed by atoms with E-state index in [4.69, 9.17) is 9.47 Å². The fraction of sp³-hybridized carbons (Fsp3) is 0.250. The minimum Gasteiger partial charge on any atom is -0.496 e. The molecule has 0 aliphatic carbocycles. The van der Waals surface area contributed by atoms with Gasteiger partial charge < -0.3 is 19.7 Å². The number of para-hydroxylation sites is 1. The van der Waals surface area contributed by atoms with E-state index in [2.05, 4.69) is 5.32 Å². The predicted octanol–water partition coefficient (Wildman–Crippen LogP) is 4.46. The van der Waals surface area contributed by atoms with Crippen molar-refractivity contribution < 1.29 is 19.1 Å².